The topological polar surface area (TPSA) is 44.5 Å². The summed E-state index contributed by atoms with van der Waals surface area (Å²) in [5.41, 5.74) is 6.06. The average molecular weight is 259 g/mol. The maximum Gasteiger partial charge on any atom is 0.267 e. The van der Waals surface area contributed by atoms with Crippen molar-refractivity contribution in [2.75, 3.05) is 14.2 Å². The van der Waals surface area contributed by atoms with Gasteiger partial charge in [-0.3, -0.25) is 0 Å². The van der Waals surface area contributed by atoms with Gasteiger partial charge in [0, 0.05) is 5.54 Å². The fourth-order valence-corrected chi connectivity index (χ4v) is 1.78. The van der Waals surface area contributed by atoms with E-state index in [0.717, 1.165) is 5.56 Å². The van der Waals surface area contributed by atoms with Gasteiger partial charge < -0.3 is 15.2 Å². The lowest BCUT2D eigenvalue weighted by molar-refractivity contribution is 0.146. The number of nitrogens with two attached hydrogens (primary N) is 1. The quantitative estimate of drug-likeness (QED) is 0.884. The summed E-state index contributed by atoms with van der Waals surface area (Å²) >= 11 is 0. The Morgan fingerprint density at radius 1 is 1.17 bits per heavy atom. The molecule has 0 aliphatic rings. The number of hydrogen-bond acceptors (Lipinski definition) is 3. The molecule has 0 saturated heterocycles. The number of rotatable bonds is 5. The molecule has 0 saturated carbocycles. The number of ether oxygens (including phenoxy) is 2. The van der Waals surface area contributed by atoms with Crippen LogP contribution in [0.25, 0.3) is 0 Å². The van der Waals surface area contributed by atoms with Crippen molar-refractivity contribution in [1.82, 2.24) is 0 Å². The zero-order chi connectivity index (χ0) is 13.9. The first-order valence-electron chi connectivity index (χ1n) is 5.60. The monoisotopic (exact) mass is 259 g/mol. The van der Waals surface area contributed by atoms with E-state index in [2.05, 4.69) is 0 Å². The summed E-state index contributed by atoms with van der Waals surface area (Å²) in [6, 6.07) is 2.87. The number of methoxy groups -OCH3 is 2. The Hall–Kier alpha value is -1.36. The maximum atomic E-state index is 12.8. The molecule has 18 heavy (non-hydrogen) atoms. The van der Waals surface area contributed by atoms with Crippen LogP contribution in [0, 0.1) is 0 Å². The largest absolute Gasteiger partial charge is 0.496 e. The molecule has 0 aliphatic carbocycles. The van der Waals surface area contributed by atoms with Gasteiger partial charge in [0.25, 0.3) is 6.43 Å². The number of alkyl halides is 2. The third-order valence-electron chi connectivity index (χ3n) is 2.51. The van der Waals surface area contributed by atoms with Gasteiger partial charge >= 0.3 is 0 Å². The molecule has 0 unspecified atom stereocenters. The highest BCUT2D eigenvalue weighted by atomic mass is 19.3. The maximum absolute atomic E-state index is 12.8. The van der Waals surface area contributed by atoms with Gasteiger partial charge in [-0.15, -0.1) is 0 Å². The van der Waals surface area contributed by atoms with Crippen molar-refractivity contribution in [3.63, 3.8) is 0 Å². The van der Waals surface area contributed by atoms with Crippen LogP contribution in [-0.4, -0.2) is 19.8 Å². The van der Waals surface area contributed by atoms with Crippen molar-refractivity contribution < 1.29 is 18.3 Å². The standard InChI is InChI=1S/C13H19F2NO2/c1-13(2,16)7-8-5-11(18-4)9(12(14)15)6-10(8)17-3/h5-6,12H,7,16H2,1-4H3. The molecule has 0 atom stereocenters. The minimum Gasteiger partial charge on any atom is -0.496 e. The van der Waals surface area contributed by atoms with E-state index in [1.165, 1.54) is 20.3 Å². The Morgan fingerprint density at radius 3 is 2.11 bits per heavy atom. The molecule has 1 rings (SSSR count). The highest BCUT2D eigenvalue weighted by molar-refractivity contribution is 5.47. The van der Waals surface area contributed by atoms with Crippen LogP contribution >= 0.6 is 0 Å². The van der Waals surface area contributed by atoms with E-state index in [1.54, 1.807) is 6.07 Å². The van der Waals surface area contributed by atoms with Crippen LogP contribution in [0.2, 0.25) is 0 Å². The number of benzene rings is 1. The lowest BCUT2D eigenvalue weighted by Gasteiger charge is -2.21. The smallest absolute Gasteiger partial charge is 0.267 e. The first-order chi connectivity index (χ1) is 8.28. The zero-order valence-corrected chi connectivity index (χ0v) is 11.1. The third-order valence-corrected chi connectivity index (χ3v) is 2.51. The highest BCUT2D eigenvalue weighted by Crippen LogP contribution is 2.36. The summed E-state index contributed by atoms with van der Waals surface area (Å²) < 4.78 is 35.8. The first kappa shape index (κ1) is 14.7. The third kappa shape index (κ3) is 3.57. The Bertz CT molecular complexity index is 414. The van der Waals surface area contributed by atoms with Crippen molar-refractivity contribution in [3.8, 4) is 11.5 Å². The molecule has 0 aliphatic heterocycles. The van der Waals surface area contributed by atoms with E-state index in [9.17, 15) is 8.78 Å². The van der Waals surface area contributed by atoms with E-state index in [4.69, 9.17) is 15.2 Å². The van der Waals surface area contributed by atoms with Crippen LogP contribution in [0.15, 0.2) is 12.1 Å². The summed E-state index contributed by atoms with van der Waals surface area (Å²) in [4.78, 5) is 0. The summed E-state index contributed by atoms with van der Waals surface area (Å²) in [6.07, 6.45) is -2.09. The lowest BCUT2D eigenvalue weighted by Crippen LogP contribution is -2.34. The predicted molar refractivity (Wildman–Crippen MR) is 66.5 cm³/mol. The van der Waals surface area contributed by atoms with Crippen LogP contribution < -0.4 is 15.2 Å². The molecule has 0 bridgehead atoms. The van der Waals surface area contributed by atoms with Gasteiger partial charge in [0.2, 0.25) is 0 Å². The van der Waals surface area contributed by atoms with E-state index in [0.29, 0.717) is 12.2 Å². The molecule has 0 fully saturated rings. The Labute approximate surface area is 106 Å². The van der Waals surface area contributed by atoms with Gasteiger partial charge in [0.05, 0.1) is 19.8 Å². The molecule has 5 heteroatoms. The second-order valence-corrected chi connectivity index (χ2v) is 4.87. The Morgan fingerprint density at radius 2 is 1.72 bits per heavy atom. The fourth-order valence-electron chi connectivity index (χ4n) is 1.78. The normalized spacial score (nSPS) is 11.8. The van der Waals surface area contributed by atoms with Crippen molar-refractivity contribution in [1.29, 1.82) is 0 Å². The summed E-state index contributed by atoms with van der Waals surface area (Å²) in [5, 5.41) is 0. The van der Waals surface area contributed by atoms with Gasteiger partial charge in [-0.2, -0.15) is 0 Å². The van der Waals surface area contributed by atoms with Crippen molar-refractivity contribution in [2.24, 2.45) is 5.73 Å². The number of hydrogen-bond donors (Lipinski definition) is 1. The highest BCUT2D eigenvalue weighted by Gasteiger charge is 2.21. The lowest BCUT2D eigenvalue weighted by atomic mass is 9.94. The van der Waals surface area contributed by atoms with E-state index < -0.39 is 12.0 Å². The van der Waals surface area contributed by atoms with Crippen LogP contribution in [0.4, 0.5) is 8.78 Å². The SMILES string of the molecule is COc1cc(C(F)F)c(OC)cc1CC(C)(C)N. The van der Waals surface area contributed by atoms with Crippen LogP contribution in [0.1, 0.15) is 31.4 Å². The average Bonchev–Trinajstić information content (AvgIpc) is 2.25. The van der Waals surface area contributed by atoms with Gasteiger partial charge in [0.15, 0.2) is 0 Å². The summed E-state index contributed by atoms with van der Waals surface area (Å²) in [7, 11) is 2.81. The van der Waals surface area contributed by atoms with Crippen LogP contribution in [-0.2, 0) is 6.42 Å². The molecule has 102 valence electrons. The predicted octanol–water partition coefficient (Wildman–Crippen LogP) is 2.92. The molecular formula is C13H19F2NO2. The molecule has 1 aromatic rings. The molecule has 1 aromatic carbocycles. The van der Waals surface area contributed by atoms with Crippen molar-refractivity contribution >= 4 is 0 Å². The second kappa shape index (κ2) is 5.52. The van der Waals surface area contributed by atoms with E-state index in [1.807, 2.05) is 13.8 Å². The molecule has 0 amide bonds. The van der Waals surface area contributed by atoms with E-state index in [-0.39, 0.29) is 11.3 Å². The van der Waals surface area contributed by atoms with E-state index >= 15 is 0 Å². The van der Waals surface area contributed by atoms with Gasteiger partial charge in [-0.25, -0.2) is 8.78 Å². The Balaban J connectivity index is 3.26. The molecule has 2 N–H and O–H groups in total. The molecule has 0 spiro atoms. The van der Waals surface area contributed by atoms with Crippen molar-refractivity contribution in [3.05, 3.63) is 23.3 Å². The van der Waals surface area contributed by atoms with Gasteiger partial charge in [-0.1, -0.05) is 0 Å². The fraction of sp³-hybridized carbons (Fsp3) is 0.538. The van der Waals surface area contributed by atoms with Crippen molar-refractivity contribution in [2.45, 2.75) is 32.2 Å². The summed E-state index contributed by atoms with van der Waals surface area (Å²) in [6.45, 7) is 3.72. The van der Waals surface area contributed by atoms with Gasteiger partial charge in [-0.05, 0) is 38.0 Å². The molecule has 0 heterocycles. The number of halogens is 2. The minimum absolute atomic E-state index is 0.157. The van der Waals surface area contributed by atoms with Gasteiger partial charge in [0.1, 0.15) is 11.5 Å². The van der Waals surface area contributed by atoms with Crippen LogP contribution in [0.5, 0.6) is 11.5 Å². The molecule has 0 radical (unpaired) electrons. The zero-order valence-electron chi connectivity index (χ0n) is 11.1. The molecular weight excluding hydrogens is 240 g/mol. The van der Waals surface area contributed by atoms with Crippen LogP contribution in [0.3, 0.4) is 0 Å². The minimum atomic E-state index is -2.60. The summed E-state index contributed by atoms with van der Waals surface area (Å²) in [5.74, 6) is 0.565. The first-order valence-corrected chi connectivity index (χ1v) is 5.60. The Kier molecular flexibility index (Phi) is 4.51. The second-order valence-electron chi connectivity index (χ2n) is 4.87. The molecule has 3 nitrogen and oxygen atoms in total. The molecule has 0 aromatic heterocycles.